The lowest BCUT2D eigenvalue weighted by Crippen LogP contribution is -3.13. The fraction of sp³-hybridized carbons (Fsp3) is 0.538. The number of rotatable bonds is 1. The summed E-state index contributed by atoms with van der Waals surface area (Å²) in [6.45, 7) is 5.07. The van der Waals surface area contributed by atoms with Crippen molar-refractivity contribution in [3.8, 4) is 12.1 Å². The van der Waals surface area contributed by atoms with Gasteiger partial charge in [-0.05, 0) is 6.92 Å². The molecule has 0 aromatic heterocycles. The molecule has 2 aliphatic rings. The molecule has 0 aromatic rings. The highest BCUT2D eigenvalue weighted by molar-refractivity contribution is 7.63. The number of nitrogens with two attached hydrogens (primary N) is 1. The van der Waals surface area contributed by atoms with Gasteiger partial charge in [0.25, 0.3) is 0 Å². The second kappa shape index (κ2) is 5.08. The van der Waals surface area contributed by atoms with Gasteiger partial charge in [0.1, 0.15) is 5.82 Å². The predicted octanol–water partition coefficient (Wildman–Crippen LogP) is -0.749. The summed E-state index contributed by atoms with van der Waals surface area (Å²) in [5.74, 6) is 0.312. The molecule has 0 aromatic carbocycles. The molecule has 0 bridgehead atoms. The Morgan fingerprint density at radius 2 is 1.89 bits per heavy atom. The quantitative estimate of drug-likeness (QED) is 0.548. The van der Waals surface area contributed by atoms with Crippen molar-refractivity contribution in [2.24, 2.45) is 11.1 Å². The third-order valence-corrected chi connectivity index (χ3v) is 4.54. The van der Waals surface area contributed by atoms with Crippen LogP contribution in [0.3, 0.4) is 0 Å². The van der Waals surface area contributed by atoms with Crippen LogP contribution in [0.1, 0.15) is 19.8 Å². The molecule has 6 heteroatoms. The second-order valence-corrected chi connectivity index (χ2v) is 5.44. The van der Waals surface area contributed by atoms with Crippen molar-refractivity contribution < 1.29 is 4.90 Å². The van der Waals surface area contributed by atoms with Gasteiger partial charge in [0.15, 0.2) is 0 Å². The molecule has 0 aliphatic carbocycles. The topological polar surface area (TPSA) is 90.1 Å². The van der Waals surface area contributed by atoms with Crippen LogP contribution in [0, 0.1) is 28.1 Å². The first-order chi connectivity index (χ1) is 9.08. The maximum atomic E-state index is 9.41. The summed E-state index contributed by atoms with van der Waals surface area (Å²) >= 11 is 5.21. The number of quaternary nitrogens is 1. The Morgan fingerprint density at radius 3 is 2.37 bits per heavy atom. The van der Waals surface area contributed by atoms with Gasteiger partial charge in [-0.3, -0.25) is 0 Å². The van der Waals surface area contributed by atoms with Crippen molar-refractivity contribution in [1.82, 2.24) is 5.32 Å². The number of allylic oxidation sites excluding steroid dienone is 2. The minimum absolute atomic E-state index is 0.312. The molecule has 0 unspecified atom stereocenters. The zero-order chi connectivity index (χ0) is 14.0. The molecule has 2 heterocycles. The van der Waals surface area contributed by atoms with Crippen LogP contribution in [0.15, 0.2) is 22.0 Å². The number of dihydropyridines is 1. The Hall–Kier alpha value is -1.76. The van der Waals surface area contributed by atoms with E-state index >= 15 is 0 Å². The Labute approximate surface area is 118 Å². The van der Waals surface area contributed by atoms with E-state index in [0.717, 1.165) is 32.5 Å². The van der Waals surface area contributed by atoms with Crippen LogP contribution in [-0.4, -0.2) is 19.6 Å². The normalized spacial score (nSPS) is 30.8. The second-order valence-electron chi connectivity index (χ2n) is 5.03. The molecule has 4 N–H and O–H groups in total. The number of nitrogens with one attached hydrogen (secondary N) is 2. The lowest BCUT2D eigenvalue weighted by atomic mass is 9.67. The van der Waals surface area contributed by atoms with Crippen LogP contribution >= 0.6 is 0 Å². The Kier molecular flexibility index (Phi) is 3.66. The molecule has 2 aliphatic heterocycles. The molecule has 0 amide bonds. The van der Waals surface area contributed by atoms with E-state index in [2.05, 4.69) is 24.4 Å². The van der Waals surface area contributed by atoms with Crippen molar-refractivity contribution in [1.29, 1.82) is 10.5 Å². The minimum Gasteiger partial charge on any atom is -0.761 e. The van der Waals surface area contributed by atoms with E-state index in [1.54, 1.807) is 0 Å². The molecule has 1 spiro atoms. The van der Waals surface area contributed by atoms with E-state index < -0.39 is 5.41 Å². The molecular formula is C13H17N5S. The highest BCUT2D eigenvalue weighted by atomic mass is 32.1. The summed E-state index contributed by atoms with van der Waals surface area (Å²) in [5, 5.41) is 22.0. The monoisotopic (exact) mass is 275 g/mol. The van der Waals surface area contributed by atoms with Crippen LogP contribution in [0.2, 0.25) is 0 Å². The molecule has 0 radical (unpaired) electrons. The lowest BCUT2D eigenvalue weighted by Gasteiger charge is -2.44. The fourth-order valence-corrected chi connectivity index (χ4v) is 3.41. The number of hydrogen-bond acceptors (Lipinski definition) is 5. The smallest absolute Gasteiger partial charge is 0.114 e. The van der Waals surface area contributed by atoms with Crippen molar-refractivity contribution in [2.75, 3.05) is 19.6 Å². The molecule has 2 rings (SSSR count). The van der Waals surface area contributed by atoms with Gasteiger partial charge in [-0.25, -0.2) is 0 Å². The summed E-state index contributed by atoms with van der Waals surface area (Å²) < 4.78 is 0. The SMILES string of the molecule is CC[NH+]1CCC2(CC1)C(C#N)=C(N)NC([S-])=C2C#N. The van der Waals surface area contributed by atoms with Crippen molar-refractivity contribution >= 4 is 12.6 Å². The Balaban J connectivity index is 2.47. The number of piperidine rings is 1. The third kappa shape index (κ3) is 2.03. The minimum atomic E-state index is -0.561. The molecule has 5 nitrogen and oxygen atoms in total. The summed E-state index contributed by atoms with van der Waals surface area (Å²) in [7, 11) is 0. The molecule has 1 saturated heterocycles. The molecule has 1 fully saturated rings. The third-order valence-electron chi connectivity index (χ3n) is 4.24. The van der Waals surface area contributed by atoms with Gasteiger partial charge in [-0.15, -0.1) is 0 Å². The zero-order valence-electron chi connectivity index (χ0n) is 10.9. The van der Waals surface area contributed by atoms with E-state index in [1.807, 2.05) is 0 Å². The molecule has 19 heavy (non-hydrogen) atoms. The first-order valence-electron chi connectivity index (χ1n) is 6.41. The molecular weight excluding hydrogens is 258 g/mol. The first-order valence-corrected chi connectivity index (χ1v) is 6.82. The van der Waals surface area contributed by atoms with E-state index in [0.29, 0.717) is 22.0 Å². The van der Waals surface area contributed by atoms with Gasteiger partial charge in [0, 0.05) is 18.4 Å². The zero-order valence-corrected chi connectivity index (χ0v) is 11.7. The Bertz CT molecular complexity index is 488. The van der Waals surface area contributed by atoms with Gasteiger partial charge < -0.3 is 28.6 Å². The predicted molar refractivity (Wildman–Crippen MR) is 72.9 cm³/mol. The van der Waals surface area contributed by atoms with Gasteiger partial charge in [-0.1, -0.05) is 5.03 Å². The van der Waals surface area contributed by atoms with E-state index in [1.165, 1.54) is 4.90 Å². The van der Waals surface area contributed by atoms with Gasteiger partial charge in [0.2, 0.25) is 0 Å². The average Bonchev–Trinajstić information content (AvgIpc) is 2.40. The molecule has 0 saturated carbocycles. The number of nitriles is 2. The summed E-state index contributed by atoms with van der Waals surface area (Å²) in [6.07, 6.45) is 1.51. The van der Waals surface area contributed by atoms with Crippen LogP contribution in [-0.2, 0) is 12.6 Å². The van der Waals surface area contributed by atoms with Crippen molar-refractivity contribution in [3.05, 3.63) is 22.0 Å². The molecule has 0 atom stereocenters. The van der Waals surface area contributed by atoms with E-state index in [9.17, 15) is 10.5 Å². The standard InChI is InChI=1S/C13H17N5S/c1-2-18-5-3-13(4-6-18)9(7-14)11(16)17-12(19)10(13)8-15/h17,19H,2-6,16H2,1H3. The highest BCUT2D eigenvalue weighted by Crippen LogP contribution is 2.45. The Morgan fingerprint density at radius 1 is 1.32 bits per heavy atom. The summed E-state index contributed by atoms with van der Waals surface area (Å²) in [5.41, 5.74) is 6.32. The van der Waals surface area contributed by atoms with Crippen LogP contribution in [0.5, 0.6) is 0 Å². The maximum Gasteiger partial charge on any atom is 0.114 e. The van der Waals surface area contributed by atoms with Gasteiger partial charge in [0.05, 0.1) is 42.8 Å². The van der Waals surface area contributed by atoms with Crippen LogP contribution < -0.4 is 16.0 Å². The fourth-order valence-electron chi connectivity index (χ4n) is 3.06. The maximum absolute atomic E-state index is 9.41. The van der Waals surface area contributed by atoms with E-state index in [4.69, 9.17) is 18.4 Å². The largest absolute Gasteiger partial charge is 0.761 e. The number of hydrogen-bond donors (Lipinski definition) is 3. The van der Waals surface area contributed by atoms with Crippen LogP contribution in [0.25, 0.3) is 0 Å². The van der Waals surface area contributed by atoms with Gasteiger partial charge >= 0.3 is 0 Å². The van der Waals surface area contributed by atoms with Gasteiger partial charge in [-0.2, -0.15) is 10.5 Å². The summed E-state index contributed by atoms with van der Waals surface area (Å²) in [6, 6.07) is 4.38. The number of likely N-dealkylation sites (tertiary alicyclic amines) is 1. The average molecular weight is 275 g/mol. The molecule has 100 valence electrons. The van der Waals surface area contributed by atoms with Crippen molar-refractivity contribution in [3.63, 3.8) is 0 Å². The van der Waals surface area contributed by atoms with Crippen LogP contribution in [0.4, 0.5) is 0 Å². The number of nitrogens with zero attached hydrogens (tertiary/aromatic N) is 2. The highest BCUT2D eigenvalue weighted by Gasteiger charge is 2.46. The van der Waals surface area contributed by atoms with E-state index in [-0.39, 0.29) is 0 Å². The lowest BCUT2D eigenvalue weighted by molar-refractivity contribution is -0.905. The first kappa shape index (κ1) is 13.7. The van der Waals surface area contributed by atoms with Crippen molar-refractivity contribution in [2.45, 2.75) is 19.8 Å². The summed E-state index contributed by atoms with van der Waals surface area (Å²) in [4.78, 5) is 1.49.